The van der Waals surface area contributed by atoms with E-state index in [1.807, 2.05) is 38.2 Å². The molecule has 22 heavy (non-hydrogen) atoms. The van der Waals surface area contributed by atoms with E-state index < -0.39 is 0 Å². The molecule has 0 saturated carbocycles. The number of hydrogen-bond acceptors (Lipinski definition) is 3. The third kappa shape index (κ3) is 2.66. The quantitative estimate of drug-likeness (QED) is 0.507. The first-order valence-corrected chi connectivity index (χ1v) is 7.83. The van der Waals surface area contributed by atoms with Crippen LogP contribution in [0.15, 0.2) is 36.4 Å². The molecule has 0 aliphatic carbocycles. The van der Waals surface area contributed by atoms with Crippen molar-refractivity contribution < 1.29 is 4.79 Å². The summed E-state index contributed by atoms with van der Waals surface area (Å²) in [7, 11) is 1.89. The molecule has 0 unspecified atom stereocenters. The summed E-state index contributed by atoms with van der Waals surface area (Å²) in [6.45, 7) is 1.93. The molecule has 0 saturated heterocycles. The van der Waals surface area contributed by atoms with Crippen molar-refractivity contribution in [3.63, 3.8) is 0 Å². The van der Waals surface area contributed by atoms with Gasteiger partial charge in [0.05, 0.1) is 5.52 Å². The molecule has 0 bridgehead atoms. The van der Waals surface area contributed by atoms with E-state index in [4.69, 9.17) is 5.73 Å². The predicted octanol–water partition coefficient (Wildman–Crippen LogP) is 3.32. The molecule has 1 amide bonds. The van der Waals surface area contributed by atoms with Gasteiger partial charge in [-0.1, -0.05) is 6.07 Å². The molecule has 3 rings (SSSR count). The van der Waals surface area contributed by atoms with Crippen molar-refractivity contribution in [1.82, 2.24) is 9.78 Å². The van der Waals surface area contributed by atoms with Crippen LogP contribution in [-0.4, -0.2) is 15.7 Å². The minimum atomic E-state index is -0.162. The summed E-state index contributed by atoms with van der Waals surface area (Å²) < 4.78 is 2.68. The van der Waals surface area contributed by atoms with Gasteiger partial charge < -0.3 is 11.1 Å². The number of benzene rings is 2. The Morgan fingerprint density at radius 2 is 2.05 bits per heavy atom. The smallest absolute Gasteiger partial charge is 0.255 e. The molecule has 0 radical (unpaired) electrons. The molecule has 0 fully saturated rings. The molecular formula is C16H15IN4O. The van der Waals surface area contributed by atoms with Crippen molar-refractivity contribution in [2.24, 2.45) is 7.05 Å². The number of hydrogen-bond donors (Lipinski definition) is 2. The number of nitrogens with one attached hydrogen (secondary N) is 1. The number of amides is 1. The van der Waals surface area contributed by atoms with E-state index in [2.05, 4.69) is 33.0 Å². The zero-order chi connectivity index (χ0) is 15.9. The Morgan fingerprint density at radius 3 is 2.77 bits per heavy atom. The van der Waals surface area contributed by atoms with Crippen molar-refractivity contribution >= 4 is 50.8 Å². The Hall–Kier alpha value is -2.09. The standard InChI is InChI=1S/C16H15IN4O/c1-9-3-5-11(8-13(9)18)19-16(22)10-4-6-14-12(7-10)15(17)20-21(14)2/h3-8H,18H2,1-2H3,(H,19,22). The fourth-order valence-electron chi connectivity index (χ4n) is 2.29. The molecule has 3 aromatic rings. The molecule has 0 aliphatic rings. The van der Waals surface area contributed by atoms with E-state index >= 15 is 0 Å². The highest BCUT2D eigenvalue weighted by atomic mass is 127. The maximum absolute atomic E-state index is 12.4. The first-order valence-electron chi connectivity index (χ1n) is 6.75. The van der Waals surface area contributed by atoms with Crippen molar-refractivity contribution in [3.05, 3.63) is 51.2 Å². The Labute approximate surface area is 141 Å². The lowest BCUT2D eigenvalue weighted by Crippen LogP contribution is -2.12. The molecule has 112 valence electrons. The molecule has 0 aliphatic heterocycles. The summed E-state index contributed by atoms with van der Waals surface area (Å²) >= 11 is 2.17. The van der Waals surface area contributed by atoms with Crippen LogP contribution in [0.5, 0.6) is 0 Å². The van der Waals surface area contributed by atoms with Gasteiger partial charge in [-0.15, -0.1) is 0 Å². The van der Waals surface area contributed by atoms with Gasteiger partial charge in [0.25, 0.3) is 5.91 Å². The minimum absolute atomic E-state index is 0.162. The Bertz CT molecular complexity index is 885. The molecule has 6 heteroatoms. The van der Waals surface area contributed by atoms with Crippen LogP contribution in [-0.2, 0) is 7.05 Å². The van der Waals surface area contributed by atoms with Crippen LogP contribution in [0.25, 0.3) is 10.9 Å². The van der Waals surface area contributed by atoms with Crippen LogP contribution in [0.1, 0.15) is 15.9 Å². The summed E-state index contributed by atoms with van der Waals surface area (Å²) in [6.07, 6.45) is 0. The van der Waals surface area contributed by atoms with E-state index in [0.717, 1.165) is 20.2 Å². The van der Waals surface area contributed by atoms with Gasteiger partial charge in [-0.2, -0.15) is 5.10 Å². The van der Waals surface area contributed by atoms with Gasteiger partial charge in [0, 0.05) is 29.4 Å². The highest BCUT2D eigenvalue weighted by molar-refractivity contribution is 14.1. The number of rotatable bonds is 2. The van der Waals surface area contributed by atoms with E-state index in [9.17, 15) is 4.79 Å². The van der Waals surface area contributed by atoms with E-state index in [0.29, 0.717) is 16.9 Å². The summed E-state index contributed by atoms with van der Waals surface area (Å²) in [6, 6.07) is 11.1. The van der Waals surface area contributed by atoms with Gasteiger partial charge in [0.2, 0.25) is 0 Å². The third-order valence-electron chi connectivity index (χ3n) is 3.60. The second-order valence-electron chi connectivity index (χ2n) is 5.17. The number of anilines is 2. The molecule has 2 aromatic carbocycles. The van der Waals surface area contributed by atoms with E-state index in [1.165, 1.54) is 0 Å². The second kappa shape index (κ2) is 5.60. The SMILES string of the molecule is Cc1ccc(NC(=O)c2ccc3c(c2)c(I)nn3C)cc1N. The number of carbonyl (C=O) groups is 1. The van der Waals surface area contributed by atoms with Crippen molar-refractivity contribution in [2.75, 3.05) is 11.1 Å². The zero-order valence-corrected chi connectivity index (χ0v) is 14.4. The van der Waals surface area contributed by atoms with Crippen molar-refractivity contribution in [2.45, 2.75) is 6.92 Å². The molecule has 1 aromatic heterocycles. The Morgan fingerprint density at radius 1 is 1.27 bits per heavy atom. The van der Waals surface area contributed by atoms with E-state index in [-0.39, 0.29) is 5.91 Å². The van der Waals surface area contributed by atoms with Gasteiger partial charge in [0.1, 0.15) is 3.70 Å². The van der Waals surface area contributed by atoms with Gasteiger partial charge in [-0.3, -0.25) is 9.48 Å². The van der Waals surface area contributed by atoms with Crippen molar-refractivity contribution in [3.8, 4) is 0 Å². The number of carbonyl (C=O) groups excluding carboxylic acids is 1. The van der Waals surface area contributed by atoms with Crippen LogP contribution in [0, 0.1) is 10.6 Å². The normalized spacial score (nSPS) is 10.9. The van der Waals surface area contributed by atoms with Crippen LogP contribution < -0.4 is 11.1 Å². The number of nitrogens with zero attached hydrogens (tertiary/aromatic N) is 2. The first kappa shape index (κ1) is 14.8. The monoisotopic (exact) mass is 406 g/mol. The first-order chi connectivity index (χ1) is 10.5. The lowest BCUT2D eigenvalue weighted by molar-refractivity contribution is 0.102. The number of fused-ring (bicyclic) bond motifs is 1. The number of aryl methyl sites for hydroxylation is 2. The maximum Gasteiger partial charge on any atom is 0.255 e. The predicted molar refractivity (Wildman–Crippen MR) is 97.0 cm³/mol. The topological polar surface area (TPSA) is 72.9 Å². The molecular weight excluding hydrogens is 391 g/mol. The van der Waals surface area contributed by atoms with Gasteiger partial charge >= 0.3 is 0 Å². The molecule has 0 atom stereocenters. The van der Waals surface area contributed by atoms with Gasteiger partial charge in [0.15, 0.2) is 0 Å². The Kier molecular flexibility index (Phi) is 3.78. The lowest BCUT2D eigenvalue weighted by Gasteiger charge is -2.08. The third-order valence-corrected chi connectivity index (χ3v) is 4.40. The fraction of sp³-hybridized carbons (Fsp3) is 0.125. The van der Waals surface area contributed by atoms with Crippen LogP contribution >= 0.6 is 22.6 Å². The Balaban J connectivity index is 1.91. The fourth-order valence-corrected chi connectivity index (χ4v) is 3.04. The highest BCUT2D eigenvalue weighted by Gasteiger charge is 2.11. The molecule has 1 heterocycles. The average molecular weight is 406 g/mol. The summed E-state index contributed by atoms with van der Waals surface area (Å²) in [5.74, 6) is -0.162. The van der Waals surface area contributed by atoms with Crippen molar-refractivity contribution in [1.29, 1.82) is 0 Å². The van der Waals surface area contributed by atoms with Gasteiger partial charge in [-0.25, -0.2) is 0 Å². The number of nitrogens with two attached hydrogens (primary N) is 1. The number of halogens is 1. The number of nitrogen functional groups attached to an aromatic ring is 1. The highest BCUT2D eigenvalue weighted by Crippen LogP contribution is 2.22. The average Bonchev–Trinajstić information content (AvgIpc) is 2.77. The summed E-state index contributed by atoms with van der Waals surface area (Å²) in [4.78, 5) is 12.4. The second-order valence-corrected chi connectivity index (χ2v) is 6.19. The lowest BCUT2D eigenvalue weighted by atomic mass is 10.1. The summed E-state index contributed by atoms with van der Waals surface area (Å²) in [5, 5.41) is 8.19. The molecule has 5 nitrogen and oxygen atoms in total. The largest absolute Gasteiger partial charge is 0.398 e. The molecule has 3 N–H and O–H groups in total. The van der Waals surface area contributed by atoms with Crippen LogP contribution in [0.4, 0.5) is 11.4 Å². The zero-order valence-electron chi connectivity index (χ0n) is 12.2. The van der Waals surface area contributed by atoms with E-state index in [1.54, 1.807) is 16.8 Å². The van der Waals surface area contributed by atoms with Crippen LogP contribution in [0.2, 0.25) is 0 Å². The maximum atomic E-state index is 12.4. The number of aromatic nitrogens is 2. The van der Waals surface area contributed by atoms with Crippen LogP contribution in [0.3, 0.4) is 0 Å². The minimum Gasteiger partial charge on any atom is -0.398 e. The van der Waals surface area contributed by atoms with Gasteiger partial charge in [-0.05, 0) is 65.4 Å². The molecule has 0 spiro atoms. The summed E-state index contributed by atoms with van der Waals surface area (Å²) in [5.41, 5.74) is 9.81.